The monoisotopic (exact) mass is 392 g/mol. The van der Waals surface area contributed by atoms with Crippen LogP contribution in [0.3, 0.4) is 0 Å². The number of esters is 1. The van der Waals surface area contributed by atoms with Crippen LogP contribution in [-0.2, 0) is 9.53 Å². The SMILES string of the molecule is N#CC1=C(N)OC2=C(C(=O)CCC2)[C@H]1c1ccc(OC(=O)c2cccs2)cc1. The summed E-state index contributed by atoms with van der Waals surface area (Å²) in [7, 11) is 0. The lowest BCUT2D eigenvalue weighted by molar-refractivity contribution is -0.116. The third kappa shape index (κ3) is 3.19. The zero-order chi connectivity index (χ0) is 19.7. The van der Waals surface area contributed by atoms with Crippen molar-refractivity contribution in [3.8, 4) is 11.8 Å². The first-order valence-electron chi connectivity index (χ1n) is 8.78. The second-order valence-electron chi connectivity index (χ2n) is 6.47. The number of allylic oxidation sites excluding steroid dienone is 3. The second kappa shape index (κ2) is 7.33. The third-order valence-electron chi connectivity index (χ3n) is 4.75. The van der Waals surface area contributed by atoms with Gasteiger partial charge in [-0.1, -0.05) is 18.2 Å². The minimum absolute atomic E-state index is 0.0281. The minimum atomic E-state index is -0.566. The van der Waals surface area contributed by atoms with E-state index in [0.29, 0.717) is 41.2 Å². The number of carbonyl (C=O) groups excluding carboxylic acids is 2. The molecule has 140 valence electrons. The summed E-state index contributed by atoms with van der Waals surface area (Å²) in [6, 6.07) is 12.3. The lowest BCUT2D eigenvalue weighted by atomic mass is 9.77. The first-order chi connectivity index (χ1) is 13.6. The van der Waals surface area contributed by atoms with Gasteiger partial charge in [-0.25, -0.2) is 4.79 Å². The van der Waals surface area contributed by atoms with E-state index in [2.05, 4.69) is 6.07 Å². The van der Waals surface area contributed by atoms with Crippen LogP contribution in [0.5, 0.6) is 5.75 Å². The first kappa shape index (κ1) is 18.0. The largest absolute Gasteiger partial charge is 0.444 e. The van der Waals surface area contributed by atoms with Crippen molar-refractivity contribution in [2.45, 2.75) is 25.2 Å². The van der Waals surface area contributed by atoms with Gasteiger partial charge in [0.2, 0.25) is 5.88 Å². The van der Waals surface area contributed by atoms with Crippen molar-refractivity contribution < 1.29 is 19.1 Å². The Kier molecular flexibility index (Phi) is 4.72. The zero-order valence-electron chi connectivity index (χ0n) is 14.8. The van der Waals surface area contributed by atoms with Crippen molar-refractivity contribution in [2.75, 3.05) is 0 Å². The number of hydrogen-bond donors (Lipinski definition) is 1. The minimum Gasteiger partial charge on any atom is -0.444 e. The van der Waals surface area contributed by atoms with Crippen molar-refractivity contribution in [2.24, 2.45) is 5.73 Å². The molecule has 2 heterocycles. The summed E-state index contributed by atoms with van der Waals surface area (Å²) in [5.41, 5.74) is 7.38. The fourth-order valence-corrected chi connectivity index (χ4v) is 4.07. The number of nitrogens with zero attached hydrogens (tertiary/aromatic N) is 1. The van der Waals surface area contributed by atoms with Crippen molar-refractivity contribution in [1.29, 1.82) is 5.26 Å². The van der Waals surface area contributed by atoms with Gasteiger partial charge in [-0.3, -0.25) is 4.79 Å². The topological polar surface area (TPSA) is 102 Å². The number of benzene rings is 1. The average molecular weight is 392 g/mol. The van der Waals surface area contributed by atoms with E-state index in [0.717, 1.165) is 5.56 Å². The van der Waals surface area contributed by atoms with Crippen LogP contribution in [0.1, 0.15) is 40.4 Å². The number of Topliss-reactive ketones (excluding diaryl/α,β-unsaturated/α-hetero) is 1. The standard InChI is InChI=1S/C21H16N2O4S/c22-11-14-18(19-15(24)3-1-4-16(19)27-20(14)23)12-6-8-13(9-7-12)26-21(25)17-5-2-10-28-17/h2,5-10,18H,1,3-4,23H2/t18-/m0/s1. The molecule has 0 fully saturated rings. The number of thiophene rings is 1. The Morgan fingerprint density at radius 3 is 2.71 bits per heavy atom. The Balaban J connectivity index is 1.65. The zero-order valence-corrected chi connectivity index (χ0v) is 15.6. The van der Waals surface area contributed by atoms with Crippen LogP contribution >= 0.6 is 11.3 Å². The molecule has 1 aromatic carbocycles. The Labute approximate surface area is 165 Å². The molecular weight excluding hydrogens is 376 g/mol. The van der Waals surface area contributed by atoms with Gasteiger partial charge in [0.1, 0.15) is 28.0 Å². The van der Waals surface area contributed by atoms with Crippen molar-refractivity contribution in [3.05, 3.63) is 75.0 Å². The van der Waals surface area contributed by atoms with E-state index in [9.17, 15) is 14.9 Å². The second-order valence-corrected chi connectivity index (χ2v) is 7.42. The highest BCUT2D eigenvalue weighted by Gasteiger charge is 2.37. The van der Waals surface area contributed by atoms with Gasteiger partial charge in [0.05, 0.1) is 5.92 Å². The van der Waals surface area contributed by atoms with Gasteiger partial charge in [0.15, 0.2) is 5.78 Å². The summed E-state index contributed by atoms with van der Waals surface area (Å²) >= 11 is 1.30. The molecule has 6 nitrogen and oxygen atoms in total. The molecule has 1 atom stereocenters. The summed E-state index contributed by atoms with van der Waals surface area (Å²) in [4.78, 5) is 25.1. The molecule has 1 aromatic heterocycles. The molecule has 0 spiro atoms. The van der Waals surface area contributed by atoms with Crippen LogP contribution in [0.25, 0.3) is 0 Å². The maximum Gasteiger partial charge on any atom is 0.353 e. The van der Waals surface area contributed by atoms with Gasteiger partial charge >= 0.3 is 5.97 Å². The van der Waals surface area contributed by atoms with E-state index in [-0.39, 0.29) is 17.2 Å². The number of rotatable bonds is 3. The number of ketones is 1. The molecular formula is C21H16N2O4S. The van der Waals surface area contributed by atoms with E-state index in [1.807, 2.05) is 0 Å². The van der Waals surface area contributed by atoms with Crippen LogP contribution in [0.15, 0.2) is 64.6 Å². The third-order valence-corrected chi connectivity index (χ3v) is 5.60. The van der Waals surface area contributed by atoms with Gasteiger partial charge in [-0.05, 0) is 35.6 Å². The van der Waals surface area contributed by atoms with Crippen molar-refractivity contribution >= 4 is 23.1 Å². The fraction of sp³-hybridized carbons (Fsp3) is 0.190. The molecule has 2 aliphatic rings. The fourth-order valence-electron chi connectivity index (χ4n) is 3.47. The average Bonchev–Trinajstić information content (AvgIpc) is 3.23. The molecule has 1 aliphatic carbocycles. The number of nitriles is 1. The van der Waals surface area contributed by atoms with Crippen LogP contribution in [-0.4, -0.2) is 11.8 Å². The van der Waals surface area contributed by atoms with E-state index < -0.39 is 11.9 Å². The maximum atomic E-state index is 12.5. The van der Waals surface area contributed by atoms with Gasteiger partial charge < -0.3 is 15.2 Å². The summed E-state index contributed by atoms with van der Waals surface area (Å²) in [6.07, 6.45) is 1.75. The molecule has 7 heteroatoms. The smallest absolute Gasteiger partial charge is 0.353 e. The first-order valence-corrected chi connectivity index (χ1v) is 9.66. The number of carbonyl (C=O) groups is 2. The molecule has 4 rings (SSSR count). The predicted octanol–water partition coefficient (Wildman–Crippen LogP) is 3.78. The number of hydrogen-bond acceptors (Lipinski definition) is 7. The van der Waals surface area contributed by atoms with Crippen LogP contribution < -0.4 is 10.5 Å². The Morgan fingerprint density at radius 2 is 2.04 bits per heavy atom. The Morgan fingerprint density at radius 1 is 1.25 bits per heavy atom. The molecule has 0 saturated heterocycles. The molecule has 0 saturated carbocycles. The molecule has 0 unspecified atom stereocenters. The summed E-state index contributed by atoms with van der Waals surface area (Å²) in [5, 5.41) is 11.4. The van der Waals surface area contributed by atoms with Crippen molar-refractivity contribution in [3.63, 3.8) is 0 Å². The lowest BCUT2D eigenvalue weighted by Gasteiger charge is -2.31. The molecule has 2 N–H and O–H groups in total. The van der Waals surface area contributed by atoms with Gasteiger partial charge in [0, 0.05) is 18.4 Å². The maximum absolute atomic E-state index is 12.5. The molecule has 2 aromatic rings. The summed E-state index contributed by atoms with van der Waals surface area (Å²) in [5.74, 6) is -0.0552. The van der Waals surface area contributed by atoms with Gasteiger partial charge in [0.25, 0.3) is 0 Å². The molecule has 28 heavy (non-hydrogen) atoms. The quantitative estimate of drug-likeness (QED) is 0.630. The number of nitrogens with two attached hydrogens (primary N) is 1. The molecule has 0 bridgehead atoms. The predicted molar refractivity (Wildman–Crippen MR) is 102 cm³/mol. The lowest BCUT2D eigenvalue weighted by Crippen LogP contribution is -2.27. The highest BCUT2D eigenvalue weighted by Crippen LogP contribution is 2.43. The molecule has 0 amide bonds. The van der Waals surface area contributed by atoms with Gasteiger partial charge in [-0.15, -0.1) is 11.3 Å². The van der Waals surface area contributed by atoms with Crippen LogP contribution in [0.2, 0.25) is 0 Å². The summed E-state index contributed by atoms with van der Waals surface area (Å²) < 4.78 is 10.9. The number of ether oxygens (including phenoxy) is 2. The normalized spacial score (nSPS) is 19.0. The van der Waals surface area contributed by atoms with Crippen molar-refractivity contribution in [1.82, 2.24) is 0 Å². The van der Waals surface area contributed by atoms with E-state index in [1.54, 1.807) is 41.8 Å². The highest BCUT2D eigenvalue weighted by molar-refractivity contribution is 7.12. The van der Waals surface area contributed by atoms with Gasteiger partial charge in [-0.2, -0.15) is 5.26 Å². The summed E-state index contributed by atoms with van der Waals surface area (Å²) in [6.45, 7) is 0. The van der Waals surface area contributed by atoms with E-state index in [4.69, 9.17) is 15.2 Å². The highest BCUT2D eigenvalue weighted by atomic mass is 32.1. The Bertz CT molecular complexity index is 1040. The van der Waals surface area contributed by atoms with E-state index in [1.165, 1.54) is 11.3 Å². The van der Waals surface area contributed by atoms with Crippen LogP contribution in [0, 0.1) is 11.3 Å². The molecule has 0 radical (unpaired) electrons. The van der Waals surface area contributed by atoms with Crippen LogP contribution in [0.4, 0.5) is 0 Å². The molecule has 1 aliphatic heterocycles. The Hall–Kier alpha value is -3.37. The van der Waals surface area contributed by atoms with E-state index >= 15 is 0 Å².